The lowest BCUT2D eigenvalue weighted by atomic mass is 10.1. The molecule has 0 radical (unpaired) electrons. The number of aromatic nitrogens is 2. The molecular weight excluding hydrogens is 200 g/mol. The van der Waals surface area contributed by atoms with Crippen LogP contribution in [0.3, 0.4) is 0 Å². The first kappa shape index (κ1) is 10.6. The summed E-state index contributed by atoms with van der Waals surface area (Å²) in [4.78, 5) is 11.9. The minimum absolute atomic E-state index is 0.0997. The number of carbonyl (C=O) groups excluding carboxylic acids is 1. The molecule has 0 spiro atoms. The number of hydrogen-bond acceptors (Lipinski definition) is 2. The van der Waals surface area contributed by atoms with E-state index in [0.717, 1.165) is 5.56 Å². The van der Waals surface area contributed by atoms with Gasteiger partial charge in [0, 0.05) is 24.4 Å². The summed E-state index contributed by atoms with van der Waals surface area (Å²) >= 11 is 0. The normalized spacial score (nSPS) is 12.3. The number of benzene rings is 1. The van der Waals surface area contributed by atoms with Crippen molar-refractivity contribution in [3.8, 4) is 0 Å². The Balaban J connectivity index is 2.03. The fraction of sp³-hybridized carbons (Fsp3) is 0.231. The van der Waals surface area contributed by atoms with Crippen LogP contribution in [0.2, 0.25) is 0 Å². The lowest BCUT2D eigenvalue weighted by Gasteiger charge is -2.10. The minimum atomic E-state index is 0.0997. The van der Waals surface area contributed by atoms with Crippen LogP contribution in [-0.4, -0.2) is 15.6 Å². The van der Waals surface area contributed by atoms with Crippen molar-refractivity contribution in [2.75, 3.05) is 0 Å². The van der Waals surface area contributed by atoms with E-state index in [-0.39, 0.29) is 11.8 Å². The van der Waals surface area contributed by atoms with Gasteiger partial charge in [0.15, 0.2) is 5.78 Å². The third kappa shape index (κ3) is 2.37. The second-order valence-electron chi connectivity index (χ2n) is 3.83. The van der Waals surface area contributed by atoms with Gasteiger partial charge in [-0.2, -0.15) is 5.10 Å². The molecule has 0 saturated heterocycles. The van der Waals surface area contributed by atoms with Gasteiger partial charge in [-0.1, -0.05) is 30.3 Å². The quantitative estimate of drug-likeness (QED) is 0.733. The Kier molecular flexibility index (Phi) is 3.15. The van der Waals surface area contributed by atoms with E-state index in [9.17, 15) is 4.79 Å². The molecule has 0 aliphatic rings. The van der Waals surface area contributed by atoms with Gasteiger partial charge in [0.2, 0.25) is 0 Å². The minimum Gasteiger partial charge on any atom is -0.294 e. The molecule has 0 aliphatic heterocycles. The van der Waals surface area contributed by atoms with Crippen LogP contribution < -0.4 is 0 Å². The molecule has 1 aromatic carbocycles. The topological polar surface area (TPSA) is 34.9 Å². The third-order valence-electron chi connectivity index (χ3n) is 2.55. The Morgan fingerprint density at radius 1 is 1.31 bits per heavy atom. The van der Waals surface area contributed by atoms with E-state index in [1.807, 2.05) is 49.5 Å². The maximum absolute atomic E-state index is 11.9. The highest BCUT2D eigenvalue weighted by molar-refractivity contribution is 5.96. The average molecular weight is 214 g/mol. The van der Waals surface area contributed by atoms with Crippen LogP contribution in [0.25, 0.3) is 0 Å². The van der Waals surface area contributed by atoms with E-state index in [2.05, 4.69) is 5.10 Å². The number of rotatable bonds is 4. The molecule has 3 heteroatoms. The number of carbonyl (C=O) groups is 1. The summed E-state index contributed by atoms with van der Waals surface area (Å²) in [5.41, 5.74) is 0.765. The molecule has 1 atom stereocenters. The molecule has 0 saturated carbocycles. The van der Waals surface area contributed by atoms with Crippen molar-refractivity contribution in [3.63, 3.8) is 0 Å². The average Bonchev–Trinajstić information content (AvgIpc) is 2.83. The predicted molar refractivity (Wildman–Crippen MR) is 62.3 cm³/mol. The zero-order valence-electron chi connectivity index (χ0n) is 9.21. The zero-order valence-corrected chi connectivity index (χ0v) is 9.21. The molecule has 82 valence electrons. The highest BCUT2D eigenvalue weighted by atomic mass is 16.1. The van der Waals surface area contributed by atoms with E-state index in [0.29, 0.717) is 6.42 Å². The van der Waals surface area contributed by atoms with Crippen molar-refractivity contribution < 1.29 is 4.79 Å². The first-order valence-corrected chi connectivity index (χ1v) is 5.35. The van der Waals surface area contributed by atoms with Gasteiger partial charge < -0.3 is 0 Å². The lowest BCUT2D eigenvalue weighted by Crippen LogP contribution is -2.11. The molecule has 0 N–H and O–H groups in total. The molecule has 2 rings (SSSR count). The number of ketones is 1. The zero-order chi connectivity index (χ0) is 11.4. The van der Waals surface area contributed by atoms with Gasteiger partial charge in [0.25, 0.3) is 0 Å². The van der Waals surface area contributed by atoms with Gasteiger partial charge >= 0.3 is 0 Å². The molecule has 0 fully saturated rings. The van der Waals surface area contributed by atoms with Crippen LogP contribution >= 0.6 is 0 Å². The van der Waals surface area contributed by atoms with Gasteiger partial charge in [-0.05, 0) is 13.0 Å². The molecular formula is C13H14N2O. The summed E-state index contributed by atoms with van der Waals surface area (Å²) in [7, 11) is 0. The Morgan fingerprint density at radius 2 is 2.06 bits per heavy atom. The van der Waals surface area contributed by atoms with Crippen molar-refractivity contribution in [3.05, 3.63) is 54.4 Å². The maximum atomic E-state index is 11.9. The van der Waals surface area contributed by atoms with Gasteiger partial charge in [-0.3, -0.25) is 9.48 Å². The van der Waals surface area contributed by atoms with Gasteiger partial charge in [-0.15, -0.1) is 0 Å². The number of hydrogen-bond donors (Lipinski definition) is 0. The molecule has 2 aromatic rings. The van der Waals surface area contributed by atoms with Crippen LogP contribution in [0.1, 0.15) is 29.7 Å². The first-order chi connectivity index (χ1) is 7.77. The summed E-state index contributed by atoms with van der Waals surface area (Å²) in [5, 5.41) is 4.13. The van der Waals surface area contributed by atoms with Gasteiger partial charge in [0.05, 0.1) is 6.04 Å². The van der Waals surface area contributed by atoms with E-state index in [1.165, 1.54) is 0 Å². The van der Waals surface area contributed by atoms with Crippen LogP contribution in [0.15, 0.2) is 48.8 Å². The second-order valence-corrected chi connectivity index (χ2v) is 3.83. The highest BCUT2D eigenvalue weighted by Gasteiger charge is 2.12. The predicted octanol–water partition coefficient (Wildman–Crippen LogP) is 2.72. The second kappa shape index (κ2) is 4.75. The van der Waals surface area contributed by atoms with Crippen LogP contribution in [0, 0.1) is 0 Å². The number of nitrogens with zero attached hydrogens (tertiary/aromatic N) is 2. The molecule has 16 heavy (non-hydrogen) atoms. The molecule has 1 aromatic heterocycles. The summed E-state index contributed by atoms with van der Waals surface area (Å²) in [5.74, 6) is 0.156. The van der Waals surface area contributed by atoms with Crippen LogP contribution in [0.5, 0.6) is 0 Å². The lowest BCUT2D eigenvalue weighted by molar-refractivity contribution is 0.0964. The number of Topliss-reactive ketones (excluding diaryl/α,β-unsaturated/α-hetero) is 1. The third-order valence-corrected chi connectivity index (χ3v) is 2.55. The molecule has 3 nitrogen and oxygen atoms in total. The highest BCUT2D eigenvalue weighted by Crippen LogP contribution is 2.13. The van der Waals surface area contributed by atoms with E-state index in [1.54, 1.807) is 10.9 Å². The molecule has 1 heterocycles. The van der Waals surface area contributed by atoms with Crippen molar-refractivity contribution in [2.24, 2.45) is 0 Å². The summed E-state index contributed by atoms with van der Waals surface area (Å²) in [6.07, 6.45) is 4.08. The van der Waals surface area contributed by atoms with Crippen molar-refractivity contribution in [2.45, 2.75) is 19.4 Å². The first-order valence-electron chi connectivity index (χ1n) is 5.35. The summed E-state index contributed by atoms with van der Waals surface area (Å²) < 4.78 is 1.81. The van der Waals surface area contributed by atoms with Gasteiger partial charge in [0.1, 0.15) is 0 Å². The van der Waals surface area contributed by atoms with E-state index < -0.39 is 0 Å². The van der Waals surface area contributed by atoms with E-state index in [4.69, 9.17) is 0 Å². The van der Waals surface area contributed by atoms with Crippen molar-refractivity contribution in [1.82, 2.24) is 9.78 Å². The SMILES string of the molecule is C[C@H](CC(=O)c1ccccc1)n1cccn1. The largest absolute Gasteiger partial charge is 0.294 e. The van der Waals surface area contributed by atoms with E-state index >= 15 is 0 Å². The van der Waals surface area contributed by atoms with Crippen molar-refractivity contribution in [1.29, 1.82) is 0 Å². The molecule has 0 aliphatic carbocycles. The fourth-order valence-electron chi connectivity index (χ4n) is 1.65. The Morgan fingerprint density at radius 3 is 2.69 bits per heavy atom. The Labute approximate surface area is 94.7 Å². The Hall–Kier alpha value is -1.90. The molecule has 0 unspecified atom stereocenters. The van der Waals surface area contributed by atoms with Crippen molar-refractivity contribution >= 4 is 5.78 Å². The van der Waals surface area contributed by atoms with Gasteiger partial charge in [-0.25, -0.2) is 0 Å². The smallest absolute Gasteiger partial charge is 0.164 e. The van der Waals surface area contributed by atoms with Crippen LogP contribution in [-0.2, 0) is 0 Å². The fourth-order valence-corrected chi connectivity index (χ4v) is 1.65. The monoisotopic (exact) mass is 214 g/mol. The van der Waals surface area contributed by atoms with Crippen LogP contribution in [0.4, 0.5) is 0 Å². The molecule has 0 bridgehead atoms. The Bertz CT molecular complexity index is 448. The molecule has 0 amide bonds. The summed E-state index contributed by atoms with van der Waals surface area (Å²) in [6.45, 7) is 1.99. The maximum Gasteiger partial charge on any atom is 0.164 e. The standard InChI is InChI=1S/C13H14N2O/c1-11(15-9-5-8-14-15)10-13(16)12-6-3-2-4-7-12/h2-9,11H,10H2,1H3/t11-/m1/s1. The summed E-state index contributed by atoms with van der Waals surface area (Å²) in [6, 6.07) is 11.3.